The number of aromatic nitrogens is 6. The average molecular weight is 1060 g/mol. The molecule has 3 aromatic heterocycles. The lowest BCUT2D eigenvalue weighted by Crippen LogP contribution is -2.68. The molecule has 77 heavy (non-hydrogen) atoms. The van der Waals surface area contributed by atoms with E-state index < -0.39 is 50.4 Å². The van der Waals surface area contributed by atoms with Gasteiger partial charge in [0.05, 0.1) is 46.0 Å². The molecule has 18 heteroatoms. The molecular weight excluding hydrogens is 991 g/mol. The first-order valence-electron chi connectivity index (χ1n) is 25.9. The van der Waals surface area contributed by atoms with Gasteiger partial charge in [0.15, 0.2) is 11.5 Å². The smallest absolute Gasteiger partial charge is 0.351 e. The van der Waals surface area contributed by atoms with Crippen LogP contribution in [-0.4, -0.2) is 102 Å². The minimum absolute atomic E-state index is 0.110. The van der Waals surface area contributed by atoms with Crippen LogP contribution in [0.4, 0.5) is 11.6 Å². The van der Waals surface area contributed by atoms with Gasteiger partial charge in [-0.2, -0.15) is 10.0 Å². The SMILES string of the molecule is COc1ccc(C(OC[C@H]2O[C@@H](n3cnc4c(N)ncnc43)C[C@@H]2CN(C)OC[C@H]2O[C@@H](n3cc(C)c(N)nc3=O)C[C@@H]2O[Si](c2ccccc2)(c2ccccc2)C(C)(C)C)(c2ccccc2)c2ccc(OC)cc2)cc1. The number of nitrogens with two attached hydrogens (primary N) is 2. The van der Waals surface area contributed by atoms with Gasteiger partial charge >= 0.3 is 5.69 Å². The van der Waals surface area contributed by atoms with Gasteiger partial charge < -0.3 is 39.6 Å². The number of hydrogen-bond acceptors (Lipinski definition) is 15. The van der Waals surface area contributed by atoms with Gasteiger partial charge in [0.1, 0.15) is 53.3 Å². The molecule has 400 valence electrons. The van der Waals surface area contributed by atoms with Gasteiger partial charge in [0.2, 0.25) is 0 Å². The van der Waals surface area contributed by atoms with Crippen molar-refractivity contribution in [2.24, 2.45) is 5.92 Å². The number of ether oxygens (including phenoxy) is 5. The van der Waals surface area contributed by atoms with Crippen LogP contribution in [0, 0.1) is 12.8 Å². The van der Waals surface area contributed by atoms with Crippen LogP contribution in [0.2, 0.25) is 5.04 Å². The van der Waals surface area contributed by atoms with Gasteiger partial charge in [-0.15, -0.1) is 0 Å². The molecule has 4 N–H and O–H groups in total. The highest BCUT2D eigenvalue weighted by molar-refractivity contribution is 6.99. The number of anilines is 2. The lowest BCUT2D eigenvalue weighted by Gasteiger charge is -2.45. The summed E-state index contributed by atoms with van der Waals surface area (Å²) in [5.74, 6) is 1.74. The van der Waals surface area contributed by atoms with Crippen LogP contribution < -0.4 is 37.0 Å². The second-order valence-corrected chi connectivity index (χ2v) is 25.1. The Kier molecular flexibility index (Phi) is 15.4. The molecule has 2 fully saturated rings. The minimum atomic E-state index is -3.12. The van der Waals surface area contributed by atoms with Gasteiger partial charge in [-0.05, 0) is 69.7 Å². The van der Waals surface area contributed by atoms with Crippen molar-refractivity contribution in [2.75, 3.05) is 52.5 Å². The van der Waals surface area contributed by atoms with Crippen LogP contribution in [0.25, 0.3) is 11.2 Å². The van der Waals surface area contributed by atoms with E-state index in [1.807, 2.05) is 102 Å². The van der Waals surface area contributed by atoms with E-state index in [2.05, 4.69) is 101 Å². The van der Waals surface area contributed by atoms with E-state index in [1.165, 1.54) is 10.9 Å². The van der Waals surface area contributed by atoms with Gasteiger partial charge in [0.25, 0.3) is 8.32 Å². The monoisotopic (exact) mass is 1060 g/mol. The van der Waals surface area contributed by atoms with Crippen molar-refractivity contribution in [1.29, 1.82) is 0 Å². The number of nitrogen functional groups attached to an aromatic ring is 2. The Morgan fingerprint density at radius 3 is 1.83 bits per heavy atom. The summed E-state index contributed by atoms with van der Waals surface area (Å²) < 4.78 is 43.9. The predicted molar refractivity (Wildman–Crippen MR) is 297 cm³/mol. The Labute approximate surface area is 449 Å². The number of imidazole rings is 1. The molecule has 0 unspecified atom stereocenters. The van der Waals surface area contributed by atoms with Gasteiger partial charge in [-0.1, -0.05) is 136 Å². The van der Waals surface area contributed by atoms with Crippen molar-refractivity contribution in [3.05, 3.63) is 191 Å². The maximum Gasteiger partial charge on any atom is 0.351 e. The van der Waals surface area contributed by atoms with Crippen molar-refractivity contribution in [2.45, 2.75) is 81.9 Å². The zero-order valence-electron chi connectivity index (χ0n) is 44.6. The average Bonchev–Trinajstić information content (AvgIpc) is 4.26. The number of fused-ring (bicyclic) bond motifs is 1. The van der Waals surface area contributed by atoms with E-state index in [0.717, 1.165) is 38.6 Å². The standard InChI is InChI=1S/C59H67N9O8Si/c1-39-33-67(57(69)65-54(39)60)52-32-48(76-77(58(2,3)4,46-19-13-9-14-20-46)47-21-15-10-16-22-47)50(75-52)36-73-66(5)34-40-31-51(68-38-64-53-55(61)62-37-63-56(53)68)74-49(40)35-72-59(41-17-11-8-12-18-41,42-23-27-44(70-6)28-24-42)43-25-29-45(71-7)30-26-43/h8-30,33,37-38,40,48-52H,31-32,34-36H2,1-7H3,(H2,60,65,69)(H2,61,62,63)/t40-,48+,49-,50-,51-,52-/m1/s1. The summed E-state index contributed by atoms with van der Waals surface area (Å²) >= 11 is 0. The van der Waals surface area contributed by atoms with Crippen molar-refractivity contribution >= 4 is 41.5 Å². The summed E-state index contributed by atoms with van der Waals surface area (Å²) in [5, 5.41) is 3.75. The highest BCUT2D eigenvalue weighted by Gasteiger charge is 2.54. The summed E-state index contributed by atoms with van der Waals surface area (Å²) in [6.07, 6.45) is 2.98. The van der Waals surface area contributed by atoms with E-state index in [-0.39, 0.29) is 35.8 Å². The fraction of sp³-hybridized carbons (Fsp3) is 0.339. The molecule has 17 nitrogen and oxygen atoms in total. The lowest BCUT2D eigenvalue weighted by molar-refractivity contribution is -0.187. The fourth-order valence-corrected chi connectivity index (χ4v) is 15.8. The molecule has 2 saturated heterocycles. The third-order valence-electron chi connectivity index (χ3n) is 15.1. The highest BCUT2D eigenvalue weighted by Crippen LogP contribution is 2.45. The zero-order valence-corrected chi connectivity index (χ0v) is 45.6. The van der Waals surface area contributed by atoms with Gasteiger partial charge in [-0.3, -0.25) is 14.0 Å². The minimum Gasteiger partial charge on any atom is -0.497 e. The maximum absolute atomic E-state index is 13.5. The molecule has 0 spiro atoms. The third-order valence-corrected chi connectivity index (χ3v) is 20.1. The summed E-state index contributed by atoms with van der Waals surface area (Å²) in [5.41, 5.74) is 15.2. The molecule has 2 aliphatic heterocycles. The first-order valence-corrected chi connectivity index (χ1v) is 27.8. The number of rotatable bonds is 19. The van der Waals surface area contributed by atoms with E-state index in [0.29, 0.717) is 36.1 Å². The maximum atomic E-state index is 13.5. The largest absolute Gasteiger partial charge is 0.497 e. The van der Waals surface area contributed by atoms with Crippen LogP contribution in [0.15, 0.2) is 163 Å². The Morgan fingerprint density at radius 1 is 0.688 bits per heavy atom. The molecule has 5 heterocycles. The van der Waals surface area contributed by atoms with Crippen LogP contribution in [0.1, 0.15) is 68.3 Å². The lowest BCUT2D eigenvalue weighted by atomic mass is 9.80. The Balaban J connectivity index is 0.976. The van der Waals surface area contributed by atoms with E-state index in [9.17, 15) is 4.79 Å². The van der Waals surface area contributed by atoms with E-state index >= 15 is 0 Å². The summed E-state index contributed by atoms with van der Waals surface area (Å²) in [7, 11) is 2.10. The Hall–Kier alpha value is -7.29. The van der Waals surface area contributed by atoms with Crippen LogP contribution in [0.3, 0.4) is 0 Å². The predicted octanol–water partition coefficient (Wildman–Crippen LogP) is 7.58. The number of aryl methyl sites for hydroxylation is 1. The normalized spacial score (nSPS) is 20.0. The molecule has 10 rings (SSSR count). The van der Waals surface area contributed by atoms with E-state index in [1.54, 1.807) is 26.7 Å². The van der Waals surface area contributed by atoms with Crippen LogP contribution in [-0.2, 0) is 29.1 Å². The van der Waals surface area contributed by atoms with Crippen molar-refractivity contribution < 1.29 is 32.9 Å². The van der Waals surface area contributed by atoms with E-state index in [4.69, 9.17) is 44.4 Å². The molecule has 2 aliphatic rings. The number of benzene rings is 5. The fourth-order valence-electron chi connectivity index (χ4n) is 11.1. The van der Waals surface area contributed by atoms with Crippen molar-refractivity contribution in [3.63, 3.8) is 0 Å². The number of hydrogen-bond donors (Lipinski definition) is 2. The van der Waals surface area contributed by atoms with Crippen LogP contribution >= 0.6 is 0 Å². The van der Waals surface area contributed by atoms with Crippen molar-refractivity contribution in [1.82, 2.24) is 34.1 Å². The number of methoxy groups -OCH3 is 2. The van der Waals surface area contributed by atoms with Crippen LogP contribution in [0.5, 0.6) is 11.5 Å². The zero-order chi connectivity index (χ0) is 53.9. The third kappa shape index (κ3) is 10.5. The second-order valence-electron chi connectivity index (χ2n) is 20.8. The quantitative estimate of drug-likeness (QED) is 0.0456. The van der Waals surface area contributed by atoms with Gasteiger partial charge in [0, 0.05) is 37.7 Å². The molecule has 0 bridgehead atoms. The Morgan fingerprint density at radius 2 is 1.25 bits per heavy atom. The number of hydroxylamine groups is 2. The summed E-state index contributed by atoms with van der Waals surface area (Å²) in [4.78, 5) is 37.8. The number of nitrogens with zero attached hydrogens (tertiary/aromatic N) is 7. The molecule has 0 aliphatic carbocycles. The summed E-state index contributed by atoms with van der Waals surface area (Å²) in [6.45, 7) is 9.25. The highest BCUT2D eigenvalue weighted by atomic mass is 28.4. The molecule has 6 atom stereocenters. The molecule has 0 amide bonds. The second kappa shape index (κ2) is 22.4. The molecular formula is C59H67N9O8Si. The topological polar surface area (TPSA) is 198 Å². The first kappa shape index (κ1) is 53.1. The van der Waals surface area contributed by atoms with Gasteiger partial charge in [-0.25, -0.2) is 19.7 Å². The molecule has 5 aromatic carbocycles. The first-order chi connectivity index (χ1) is 37.2. The molecule has 0 radical (unpaired) electrons. The molecule has 0 saturated carbocycles. The summed E-state index contributed by atoms with van der Waals surface area (Å²) in [6, 6.07) is 47.1. The molecule has 8 aromatic rings. The van der Waals surface area contributed by atoms with Crippen molar-refractivity contribution in [3.8, 4) is 11.5 Å². The Bertz CT molecular complexity index is 3220.